The van der Waals surface area contributed by atoms with E-state index in [0.717, 1.165) is 42.2 Å². The van der Waals surface area contributed by atoms with Gasteiger partial charge in [-0.15, -0.1) is 0 Å². The smallest absolute Gasteiger partial charge is 0.229 e. The predicted octanol–water partition coefficient (Wildman–Crippen LogP) is 4.02. The SMILES string of the molecule is COc1ccc(-c2cc(N3CCCC(C(=O)Nc4ccccc4OC)C3)ncn2)cc1. The van der Waals surface area contributed by atoms with Gasteiger partial charge in [0.1, 0.15) is 23.6 Å². The molecule has 0 aliphatic carbocycles. The Hall–Kier alpha value is -3.61. The minimum absolute atomic E-state index is 0.00126. The number of anilines is 2. The van der Waals surface area contributed by atoms with E-state index in [2.05, 4.69) is 20.2 Å². The van der Waals surface area contributed by atoms with Gasteiger partial charge in [0.15, 0.2) is 0 Å². The Morgan fingerprint density at radius 1 is 1.06 bits per heavy atom. The minimum Gasteiger partial charge on any atom is -0.497 e. The highest BCUT2D eigenvalue weighted by Gasteiger charge is 2.27. The molecule has 7 nitrogen and oxygen atoms in total. The van der Waals surface area contributed by atoms with Crippen LogP contribution >= 0.6 is 0 Å². The average Bonchev–Trinajstić information content (AvgIpc) is 2.84. The summed E-state index contributed by atoms with van der Waals surface area (Å²) >= 11 is 0. The summed E-state index contributed by atoms with van der Waals surface area (Å²) in [7, 11) is 3.25. The van der Waals surface area contributed by atoms with Gasteiger partial charge >= 0.3 is 0 Å². The van der Waals surface area contributed by atoms with Crippen molar-refractivity contribution < 1.29 is 14.3 Å². The molecule has 1 aliphatic heterocycles. The van der Waals surface area contributed by atoms with Gasteiger partial charge in [-0.1, -0.05) is 12.1 Å². The van der Waals surface area contributed by atoms with Crippen molar-refractivity contribution in [3.05, 3.63) is 60.9 Å². The van der Waals surface area contributed by atoms with E-state index in [0.29, 0.717) is 18.0 Å². The van der Waals surface area contributed by atoms with Gasteiger partial charge in [0.2, 0.25) is 5.91 Å². The Kier molecular flexibility index (Phi) is 6.31. The first-order chi connectivity index (χ1) is 15.2. The summed E-state index contributed by atoms with van der Waals surface area (Å²) in [5.74, 6) is 2.16. The lowest BCUT2D eigenvalue weighted by molar-refractivity contribution is -0.120. The zero-order valence-corrected chi connectivity index (χ0v) is 17.7. The molecule has 1 aliphatic rings. The normalized spacial score (nSPS) is 15.9. The zero-order chi connectivity index (χ0) is 21.6. The number of methoxy groups -OCH3 is 2. The molecule has 3 aromatic rings. The van der Waals surface area contributed by atoms with Crippen LogP contribution in [-0.2, 0) is 4.79 Å². The maximum Gasteiger partial charge on any atom is 0.229 e. The Labute approximate surface area is 182 Å². The van der Waals surface area contributed by atoms with Crippen LogP contribution in [0.25, 0.3) is 11.3 Å². The van der Waals surface area contributed by atoms with E-state index in [4.69, 9.17) is 9.47 Å². The molecule has 0 spiro atoms. The van der Waals surface area contributed by atoms with Gasteiger partial charge in [0, 0.05) is 24.7 Å². The molecule has 0 bridgehead atoms. The maximum absolute atomic E-state index is 12.9. The number of para-hydroxylation sites is 2. The molecule has 1 N–H and O–H groups in total. The number of nitrogens with zero attached hydrogens (tertiary/aromatic N) is 3. The fourth-order valence-electron chi connectivity index (χ4n) is 3.82. The lowest BCUT2D eigenvalue weighted by Crippen LogP contribution is -2.41. The van der Waals surface area contributed by atoms with Gasteiger partial charge in [-0.3, -0.25) is 4.79 Å². The standard InChI is InChI=1S/C24H26N4O3/c1-30-19-11-9-17(10-12-19)21-14-23(26-16-25-21)28-13-5-6-18(15-28)24(29)27-20-7-3-4-8-22(20)31-2/h3-4,7-12,14,16,18H,5-6,13,15H2,1-2H3,(H,27,29). The Morgan fingerprint density at radius 3 is 2.65 bits per heavy atom. The first kappa shape index (κ1) is 20.7. The quantitative estimate of drug-likeness (QED) is 0.652. The monoisotopic (exact) mass is 418 g/mol. The predicted molar refractivity (Wildman–Crippen MR) is 121 cm³/mol. The third kappa shape index (κ3) is 4.77. The van der Waals surface area contributed by atoms with Crippen LogP contribution in [0.15, 0.2) is 60.9 Å². The molecular formula is C24H26N4O3. The number of carbonyl (C=O) groups excluding carboxylic acids is 1. The molecule has 1 aromatic heterocycles. The van der Waals surface area contributed by atoms with Crippen molar-refractivity contribution in [2.75, 3.05) is 37.5 Å². The van der Waals surface area contributed by atoms with Gasteiger partial charge in [-0.25, -0.2) is 9.97 Å². The molecule has 7 heteroatoms. The molecule has 1 saturated heterocycles. The number of hydrogen-bond donors (Lipinski definition) is 1. The number of piperidine rings is 1. The largest absolute Gasteiger partial charge is 0.497 e. The van der Waals surface area contributed by atoms with Crippen molar-refractivity contribution >= 4 is 17.4 Å². The third-order valence-corrected chi connectivity index (χ3v) is 5.52. The van der Waals surface area contributed by atoms with Gasteiger partial charge in [-0.2, -0.15) is 0 Å². The van der Waals surface area contributed by atoms with Gasteiger partial charge in [0.25, 0.3) is 0 Å². The molecule has 2 aromatic carbocycles. The van der Waals surface area contributed by atoms with Crippen LogP contribution in [0.5, 0.6) is 11.5 Å². The molecule has 1 unspecified atom stereocenters. The number of hydrogen-bond acceptors (Lipinski definition) is 6. The molecule has 160 valence electrons. The van der Waals surface area contributed by atoms with Crippen molar-refractivity contribution in [1.82, 2.24) is 9.97 Å². The van der Waals surface area contributed by atoms with Gasteiger partial charge in [-0.05, 0) is 49.2 Å². The summed E-state index contributed by atoms with van der Waals surface area (Å²) in [6.45, 7) is 1.47. The molecule has 1 atom stereocenters. The van der Waals surface area contributed by atoms with Crippen molar-refractivity contribution in [2.24, 2.45) is 5.92 Å². The van der Waals surface area contributed by atoms with E-state index in [1.807, 2.05) is 54.6 Å². The van der Waals surface area contributed by atoms with Crippen LogP contribution in [0.4, 0.5) is 11.5 Å². The first-order valence-electron chi connectivity index (χ1n) is 10.3. The Balaban J connectivity index is 1.47. The second-order valence-electron chi connectivity index (χ2n) is 7.46. The Morgan fingerprint density at radius 2 is 1.87 bits per heavy atom. The van der Waals surface area contributed by atoms with Gasteiger partial charge in [0.05, 0.1) is 31.5 Å². The van der Waals surface area contributed by atoms with E-state index in [1.54, 1.807) is 20.5 Å². The minimum atomic E-state index is -0.127. The van der Waals surface area contributed by atoms with Gasteiger partial charge < -0.3 is 19.7 Å². The van der Waals surface area contributed by atoms with Crippen LogP contribution in [0, 0.1) is 5.92 Å². The highest BCUT2D eigenvalue weighted by atomic mass is 16.5. The topological polar surface area (TPSA) is 76.6 Å². The number of nitrogens with one attached hydrogen (secondary N) is 1. The number of rotatable bonds is 6. The highest BCUT2D eigenvalue weighted by Crippen LogP contribution is 2.28. The summed E-state index contributed by atoms with van der Waals surface area (Å²) < 4.78 is 10.6. The van der Waals surface area contributed by atoms with Crippen molar-refractivity contribution in [1.29, 1.82) is 0 Å². The van der Waals surface area contributed by atoms with E-state index in [1.165, 1.54) is 0 Å². The third-order valence-electron chi connectivity index (χ3n) is 5.52. The second-order valence-corrected chi connectivity index (χ2v) is 7.46. The zero-order valence-electron chi connectivity index (χ0n) is 17.7. The maximum atomic E-state index is 12.9. The average molecular weight is 418 g/mol. The van der Waals surface area contributed by atoms with Crippen LogP contribution < -0.4 is 19.7 Å². The summed E-state index contributed by atoms with van der Waals surface area (Å²) in [5.41, 5.74) is 2.52. The van der Waals surface area contributed by atoms with Crippen LogP contribution in [0.1, 0.15) is 12.8 Å². The van der Waals surface area contributed by atoms with E-state index >= 15 is 0 Å². The molecule has 31 heavy (non-hydrogen) atoms. The molecule has 4 rings (SSSR count). The van der Waals surface area contributed by atoms with E-state index in [9.17, 15) is 4.79 Å². The van der Waals surface area contributed by atoms with Crippen molar-refractivity contribution in [3.63, 3.8) is 0 Å². The summed E-state index contributed by atoms with van der Waals surface area (Å²) in [6, 6.07) is 17.2. The fraction of sp³-hybridized carbons (Fsp3) is 0.292. The Bertz CT molecular complexity index is 1040. The number of aromatic nitrogens is 2. The van der Waals surface area contributed by atoms with E-state index in [-0.39, 0.29) is 11.8 Å². The second kappa shape index (κ2) is 9.47. The molecule has 0 saturated carbocycles. The summed E-state index contributed by atoms with van der Waals surface area (Å²) in [5, 5.41) is 3.02. The van der Waals surface area contributed by atoms with Crippen LogP contribution in [0.2, 0.25) is 0 Å². The number of carbonyl (C=O) groups is 1. The van der Waals surface area contributed by atoms with Crippen molar-refractivity contribution in [3.8, 4) is 22.8 Å². The summed E-state index contributed by atoms with van der Waals surface area (Å²) in [4.78, 5) is 24.0. The molecule has 1 amide bonds. The lowest BCUT2D eigenvalue weighted by atomic mass is 9.97. The summed E-state index contributed by atoms with van der Waals surface area (Å²) in [6.07, 6.45) is 3.34. The molecule has 1 fully saturated rings. The number of amides is 1. The first-order valence-corrected chi connectivity index (χ1v) is 10.3. The molecule has 0 radical (unpaired) electrons. The number of ether oxygens (including phenoxy) is 2. The lowest BCUT2D eigenvalue weighted by Gasteiger charge is -2.33. The molecular weight excluding hydrogens is 392 g/mol. The van der Waals surface area contributed by atoms with Crippen LogP contribution in [-0.4, -0.2) is 43.2 Å². The van der Waals surface area contributed by atoms with Crippen molar-refractivity contribution in [2.45, 2.75) is 12.8 Å². The fourth-order valence-corrected chi connectivity index (χ4v) is 3.82. The number of benzene rings is 2. The van der Waals surface area contributed by atoms with E-state index < -0.39 is 0 Å². The van der Waals surface area contributed by atoms with Crippen LogP contribution in [0.3, 0.4) is 0 Å². The highest BCUT2D eigenvalue weighted by molar-refractivity contribution is 5.94. The molecule has 2 heterocycles.